The Morgan fingerprint density at radius 3 is 2.57 bits per heavy atom. The van der Waals surface area contributed by atoms with Gasteiger partial charge in [0.15, 0.2) is 0 Å². The lowest BCUT2D eigenvalue weighted by molar-refractivity contribution is 0.560. The van der Waals surface area contributed by atoms with E-state index in [9.17, 15) is 4.39 Å². The molecule has 0 N–H and O–H groups in total. The van der Waals surface area contributed by atoms with Crippen LogP contribution in [-0.4, -0.2) is 6.67 Å². The van der Waals surface area contributed by atoms with Gasteiger partial charge in [0.05, 0.1) is 0 Å². The first-order chi connectivity index (χ1) is 3.41. The zero-order chi connectivity index (χ0) is 5.54. The molecule has 0 rings (SSSR count). The minimum atomic E-state index is -0.319. The molecule has 1 heteroatoms. The van der Waals surface area contributed by atoms with Gasteiger partial charge in [-0.25, -0.2) is 4.39 Å². The van der Waals surface area contributed by atoms with Gasteiger partial charge >= 0.3 is 0 Å². The van der Waals surface area contributed by atoms with E-state index in [0.29, 0.717) is 0 Å². The minimum Gasteiger partial charge on any atom is -0.247 e. The first-order valence-corrected chi connectivity index (χ1v) is 2.62. The van der Waals surface area contributed by atoms with E-state index in [2.05, 4.69) is 6.92 Å². The van der Waals surface area contributed by atoms with Crippen LogP contribution in [0.5, 0.6) is 0 Å². The number of hydrogen-bond donors (Lipinski definition) is 0. The lowest BCUT2D eigenvalue weighted by atomic mass is 10.3. The van der Waals surface area contributed by atoms with Crippen LogP contribution in [0, 0.1) is 0 Å². The summed E-state index contributed by atoms with van der Waals surface area (Å²) >= 11 is 0. The maximum Gasteiger partial charge on any atom is 0.108 e. The van der Waals surface area contributed by atoms with Crippen molar-refractivity contribution in [3.63, 3.8) is 0 Å². The van der Waals surface area contributed by atoms with Crippen molar-refractivity contribution >= 4 is 0 Å². The Balaban J connectivity index is 2.78. The van der Waals surface area contributed by atoms with E-state index in [1.165, 1.54) is 0 Å². The van der Waals surface area contributed by atoms with Crippen LogP contribution in [0.3, 0.4) is 0 Å². The zero-order valence-electron chi connectivity index (χ0n) is 4.65. The van der Waals surface area contributed by atoms with E-state index in [-0.39, 0.29) is 6.67 Å². The fourth-order valence-electron chi connectivity index (χ4n) is 0.348. The molecular formula is C6H11F. The highest BCUT2D eigenvalue weighted by Crippen LogP contribution is 1.87. The van der Waals surface area contributed by atoms with Crippen LogP contribution in [0.25, 0.3) is 0 Å². The lowest BCUT2D eigenvalue weighted by Crippen LogP contribution is -1.62. The van der Waals surface area contributed by atoms with Crippen molar-refractivity contribution in [1.82, 2.24) is 0 Å². The summed E-state index contributed by atoms with van der Waals surface area (Å²) in [6.45, 7) is 1.75. The van der Waals surface area contributed by atoms with Crippen LogP contribution in [-0.2, 0) is 0 Å². The smallest absolute Gasteiger partial charge is 0.108 e. The molecule has 0 aliphatic carbocycles. The van der Waals surface area contributed by atoms with Gasteiger partial charge in [0.2, 0.25) is 0 Å². The van der Waals surface area contributed by atoms with Crippen molar-refractivity contribution in [3.05, 3.63) is 12.2 Å². The van der Waals surface area contributed by atoms with Gasteiger partial charge < -0.3 is 0 Å². The third-order valence-corrected chi connectivity index (χ3v) is 0.711. The van der Waals surface area contributed by atoms with Crippen LogP contribution in [0.4, 0.5) is 4.39 Å². The van der Waals surface area contributed by atoms with E-state index < -0.39 is 0 Å². The fourth-order valence-corrected chi connectivity index (χ4v) is 0.348. The quantitative estimate of drug-likeness (QED) is 0.480. The molecule has 0 aliphatic rings. The largest absolute Gasteiger partial charge is 0.247 e. The van der Waals surface area contributed by atoms with Gasteiger partial charge in [-0.05, 0) is 6.42 Å². The summed E-state index contributed by atoms with van der Waals surface area (Å²) in [5.41, 5.74) is 0. The molecule has 0 aromatic rings. The molecule has 0 spiro atoms. The van der Waals surface area contributed by atoms with Crippen molar-refractivity contribution in [2.45, 2.75) is 19.8 Å². The van der Waals surface area contributed by atoms with Crippen molar-refractivity contribution < 1.29 is 4.39 Å². The van der Waals surface area contributed by atoms with Gasteiger partial charge in [-0.2, -0.15) is 0 Å². The standard InChI is InChI=1S/C6H11F/c1-2-3-4-5-6-7/h4-5H,2-3,6H2,1H3/b5-4+. The summed E-state index contributed by atoms with van der Waals surface area (Å²) in [6.07, 6.45) is 5.52. The number of allylic oxidation sites excluding steroid dienone is 2. The maximum atomic E-state index is 11.2. The van der Waals surface area contributed by atoms with Crippen molar-refractivity contribution in [2.24, 2.45) is 0 Å². The van der Waals surface area contributed by atoms with Crippen LogP contribution in [0.2, 0.25) is 0 Å². The Bertz CT molecular complexity index is 48.1. The Labute approximate surface area is 44.0 Å². The Morgan fingerprint density at radius 2 is 2.14 bits per heavy atom. The Kier molecular flexibility index (Phi) is 5.40. The second-order valence-electron chi connectivity index (χ2n) is 1.41. The highest BCUT2D eigenvalue weighted by molar-refractivity contribution is 4.79. The summed E-state index contributed by atoms with van der Waals surface area (Å²) < 4.78 is 11.2. The first kappa shape index (κ1) is 6.67. The molecular weight excluding hydrogens is 91.1 g/mol. The third-order valence-electron chi connectivity index (χ3n) is 0.711. The van der Waals surface area contributed by atoms with Crippen LogP contribution < -0.4 is 0 Å². The molecule has 0 amide bonds. The minimum absolute atomic E-state index is 0.319. The summed E-state index contributed by atoms with van der Waals surface area (Å²) in [7, 11) is 0. The lowest BCUT2D eigenvalue weighted by Gasteiger charge is -1.78. The summed E-state index contributed by atoms with van der Waals surface area (Å²) in [5, 5.41) is 0. The first-order valence-electron chi connectivity index (χ1n) is 2.62. The predicted molar refractivity (Wildman–Crippen MR) is 30.0 cm³/mol. The Morgan fingerprint density at radius 1 is 1.43 bits per heavy atom. The normalized spacial score (nSPS) is 10.6. The highest BCUT2D eigenvalue weighted by Gasteiger charge is 1.69. The van der Waals surface area contributed by atoms with Gasteiger partial charge in [0.1, 0.15) is 6.67 Å². The monoisotopic (exact) mass is 102 g/mol. The molecule has 0 nitrogen and oxygen atoms in total. The second-order valence-corrected chi connectivity index (χ2v) is 1.41. The number of unbranched alkanes of at least 4 members (excludes halogenated alkanes) is 1. The SMILES string of the molecule is CCC/C=C/CF. The van der Waals surface area contributed by atoms with E-state index >= 15 is 0 Å². The highest BCUT2D eigenvalue weighted by atomic mass is 19.1. The average Bonchev–Trinajstić information content (AvgIpc) is 1.69. The maximum absolute atomic E-state index is 11.2. The van der Waals surface area contributed by atoms with Crippen molar-refractivity contribution in [2.75, 3.05) is 6.67 Å². The zero-order valence-corrected chi connectivity index (χ0v) is 4.65. The molecule has 0 unspecified atom stereocenters. The molecule has 7 heavy (non-hydrogen) atoms. The van der Waals surface area contributed by atoms with E-state index in [1.54, 1.807) is 6.08 Å². The number of rotatable bonds is 3. The number of hydrogen-bond acceptors (Lipinski definition) is 0. The summed E-state index contributed by atoms with van der Waals surface area (Å²) in [6, 6.07) is 0. The topological polar surface area (TPSA) is 0 Å². The van der Waals surface area contributed by atoms with E-state index in [4.69, 9.17) is 0 Å². The summed E-state index contributed by atoms with van der Waals surface area (Å²) in [4.78, 5) is 0. The van der Waals surface area contributed by atoms with Crippen LogP contribution in [0.1, 0.15) is 19.8 Å². The van der Waals surface area contributed by atoms with E-state index in [1.807, 2.05) is 6.08 Å². The third kappa shape index (κ3) is 5.67. The van der Waals surface area contributed by atoms with Gasteiger partial charge in [0, 0.05) is 0 Å². The van der Waals surface area contributed by atoms with Gasteiger partial charge in [-0.1, -0.05) is 25.5 Å². The summed E-state index contributed by atoms with van der Waals surface area (Å²) in [5.74, 6) is 0. The van der Waals surface area contributed by atoms with Crippen LogP contribution >= 0.6 is 0 Å². The molecule has 0 heterocycles. The molecule has 0 aliphatic heterocycles. The van der Waals surface area contributed by atoms with Crippen molar-refractivity contribution in [3.8, 4) is 0 Å². The van der Waals surface area contributed by atoms with Gasteiger partial charge in [0.25, 0.3) is 0 Å². The fraction of sp³-hybridized carbons (Fsp3) is 0.667. The molecule has 42 valence electrons. The van der Waals surface area contributed by atoms with Gasteiger partial charge in [-0.3, -0.25) is 0 Å². The van der Waals surface area contributed by atoms with Crippen LogP contribution in [0.15, 0.2) is 12.2 Å². The molecule has 0 aromatic carbocycles. The average molecular weight is 102 g/mol. The van der Waals surface area contributed by atoms with Crippen molar-refractivity contribution in [1.29, 1.82) is 0 Å². The second kappa shape index (κ2) is 5.67. The molecule has 0 aromatic heterocycles. The molecule has 0 radical (unpaired) electrons. The number of halogens is 1. The molecule has 0 fully saturated rings. The number of alkyl halides is 1. The molecule has 0 atom stereocenters. The van der Waals surface area contributed by atoms with E-state index in [0.717, 1.165) is 12.8 Å². The van der Waals surface area contributed by atoms with Gasteiger partial charge in [-0.15, -0.1) is 0 Å². The molecule has 0 saturated carbocycles. The predicted octanol–water partition coefficient (Wildman–Crippen LogP) is 2.31. The molecule has 0 saturated heterocycles. The Hall–Kier alpha value is -0.330. The molecule has 0 bridgehead atoms.